The monoisotopic (exact) mass is 236 g/mol. The molecule has 0 spiro atoms. The first-order valence-corrected chi connectivity index (χ1v) is 6.10. The Morgan fingerprint density at radius 3 is 3.06 bits per heavy atom. The van der Waals surface area contributed by atoms with Crippen molar-refractivity contribution in [2.24, 2.45) is 0 Å². The molecule has 1 aliphatic heterocycles. The minimum Gasteiger partial charge on any atom is -0.492 e. The number of para-hydroxylation sites is 1. The molecule has 94 valence electrons. The highest BCUT2D eigenvalue weighted by molar-refractivity contribution is 5.77. The fourth-order valence-electron chi connectivity index (χ4n) is 2.04. The largest absolute Gasteiger partial charge is 0.492 e. The van der Waals surface area contributed by atoms with Crippen LogP contribution >= 0.6 is 0 Å². The number of rotatable bonds is 5. The molecule has 1 aromatic carbocycles. The van der Waals surface area contributed by atoms with E-state index in [1.165, 1.54) is 0 Å². The van der Waals surface area contributed by atoms with Crippen LogP contribution in [0.3, 0.4) is 0 Å². The molecule has 1 unspecified atom stereocenters. The molecule has 0 saturated heterocycles. The number of anilines is 2. The topological polar surface area (TPSA) is 42.5 Å². The van der Waals surface area contributed by atoms with E-state index in [2.05, 4.69) is 16.7 Å². The molecule has 0 radical (unpaired) electrons. The van der Waals surface area contributed by atoms with Crippen LogP contribution in [0.25, 0.3) is 0 Å². The number of ether oxygens (including phenoxy) is 2. The fraction of sp³-hybridized carbons (Fsp3) is 0.538. The van der Waals surface area contributed by atoms with E-state index in [9.17, 15) is 0 Å². The normalized spacial score (nSPS) is 17.9. The molecule has 1 atom stereocenters. The second-order valence-corrected chi connectivity index (χ2v) is 4.12. The van der Waals surface area contributed by atoms with Gasteiger partial charge in [0.05, 0.1) is 12.3 Å². The van der Waals surface area contributed by atoms with Crippen LogP contribution in [0, 0.1) is 0 Å². The van der Waals surface area contributed by atoms with Gasteiger partial charge in [0.1, 0.15) is 11.4 Å². The Morgan fingerprint density at radius 2 is 2.29 bits per heavy atom. The molecule has 0 amide bonds. The van der Waals surface area contributed by atoms with Gasteiger partial charge in [-0.1, -0.05) is 6.07 Å². The van der Waals surface area contributed by atoms with Crippen molar-refractivity contribution in [2.75, 3.05) is 37.5 Å². The Bertz CT molecular complexity index is 368. The second-order valence-electron chi connectivity index (χ2n) is 4.12. The van der Waals surface area contributed by atoms with Crippen LogP contribution < -0.4 is 15.4 Å². The van der Waals surface area contributed by atoms with E-state index in [-0.39, 0.29) is 0 Å². The lowest BCUT2D eigenvalue weighted by Gasteiger charge is -2.29. The van der Waals surface area contributed by atoms with Gasteiger partial charge in [-0.05, 0) is 25.5 Å². The molecule has 1 heterocycles. The van der Waals surface area contributed by atoms with Crippen molar-refractivity contribution in [1.29, 1.82) is 0 Å². The molecule has 1 aliphatic rings. The molecule has 17 heavy (non-hydrogen) atoms. The van der Waals surface area contributed by atoms with E-state index in [0.29, 0.717) is 12.6 Å². The highest BCUT2D eigenvalue weighted by Gasteiger charge is 2.19. The quantitative estimate of drug-likeness (QED) is 0.823. The first kappa shape index (κ1) is 12.0. The van der Waals surface area contributed by atoms with E-state index >= 15 is 0 Å². The molecule has 4 heteroatoms. The molecule has 4 nitrogen and oxygen atoms in total. The number of hydrogen-bond donors (Lipinski definition) is 2. The highest BCUT2D eigenvalue weighted by atomic mass is 16.5. The van der Waals surface area contributed by atoms with Gasteiger partial charge in [-0.2, -0.15) is 0 Å². The van der Waals surface area contributed by atoms with Crippen LogP contribution in [0.1, 0.15) is 13.3 Å². The lowest BCUT2D eigenvalue weighted by atomic mass is 10.1. The van der Waals surface area contributed by atoms with Crippen LogP contribution in [0.4, 0.5) is 11.4 Å². The van der Waals surface area contributed by atoms with E-state index in [1.54, 1.807) is 7.11 Å². The first-order valence-electron chi connectivity index (χ1n) is 6.10. The van der Waals surface area contributed by atoms with Gasteiger partial charge in [0.25, 0.3) is 0 Å². The third kappa shape index (κ3) is 2.82. The maximum absolute atomic E-state index is 5.59. The zero-order chi connectivity index (χ0) is 12.1. The summed E-state index contributed by atoms with van der Waals surface area (Å²) in [4.78, 5) is 0. The third-order valence-corrected chi connectivity index (χ3v) is 2.88. The fourth-order valence-corrected chi connectivity index (χ4v) is 2.04. The lowest BCUT2D eigenvalue weighted by molar-refractivity contribution is 0.190. The van der Waals surface area contributed by atoms with Gasteiger partial charge in [0, 0.05) is 26.3 Å². The number of methoxy groups -OCH3 is 1. The van der Waals surface area contributed by atoms with Crippen molar-refractivity contribution in [1.82, 2.24) is 0 Å². The molecule has 1 aromatic rings. The molecule has 0 fully saturated rings. The van der Waals surface area contributed by atoms with Crippen LogP contribution in [0.15, 0.2) is 18.2 Å². The van der Waals surface area contributed by atoms with Gasteiger partial charge in [-0.25, -0.2) is 0 Å². The van der Waals surface area contributed by atoms with Crippen LogP contribution in [0.2, 0.25) is 0 Å². The molecule has 0 aliphatic carbocycles. The van der Waals surface area contributed by atoms with E-state index in [4.69, 9.17) is 9.47 Å². The highest BCUT2D eigenvalue weighted by Crippen LogP contribution is 2.35. The number of nitrogens with one attached hydrogen (secondary N) is 2. The summed E-state index contributed by atoms with van der Waals surface area (Å²) in [6.45, 7) is 4.36. The van der Waals surface area contributed by atoms with Crippen molar-refractivity contribution in [3.05, 3.63) is 18.2 Å². The van der Waals surface area contributed by atoms with Crippen molar-refractivity contribution in [3.63, 3.8) is 0 Å². The molecule has 0 aromatic heterocycles. The van der Waals surface area contributed by atoms with E-state index < -0.39 is 0 Å². The summed E-state index contributed by atoms with van der Waals surface area (Å²) in [5.41, 5.74) is 2.19. The van der Waals surface area contributed by atoms with Crippen molar-refractivity contribution in [2.45, 2.75) is 19.4 Å². The number of benzene rings is 1. The molecular formula is C13H20N2O2. The number of hydrogen-bond acceptors (Lipinski definition) is 4. The van der Waals surface area contributed by atoms with Gasteiger partial charge in [-0.15, -0.1) is 0 Å². The van der Waals surface area contributed by atoms with Gasteiger partial charge >= 0.3 is 0 Å². The SMILES string of the molecule is CCOc1cccc2c1NCC(CCOC)N2. The minimum atomic E-state index is 0.416. The lowest BCUT2D eigenvalue weighted by Crippen LogP contribution is -2.34. The zero-order valence-electron chi connectivity index (χ0n) is 10.5. The maximum atomic E-state index is 5.59. The van der Waals surface area contributed by atoms with Gasteiger partial charge in [-0.3, -0.25) is 0 Å². The van der Waals surface area contributed by atoms with E-state index in [1.807, 2.05) is 19.1 Å². The smallest absolute Gasteiger partial charge is 0.144 e. The Labute approximate surface area is 102 Å². The average molecular weight is 236 g/mol. The van der Waals surface area contributed by atoms with Crippen molar-refractivity contribution in [3.8, 4) is 5.75 Å². The Morgan fingerprint density at radius 1 is 1.41 bits per heavy atom. The van der Waals surface area contributed by atoms with Crippen LogP contribution in [0.5, 0.6) is 5.75 Å². The predicted molar refractivity (Wildman–Crippen MR) is 70.0 cm³/mol. The summed E-state index contributed by atoms with van der Waals surface area (Å²) in [7, 11) is 1.73. The van der Waals surface area contributed by atoms with Crippen LogP contribution in [-0.2, 0) is 4.74 Å². The van der Waals surface area contributed by atoms with Gasteiger partial charge in [0.2, 0.25) is 0 Å². The first-order chi connectivity index (χ1) is 8.35. The molecule has 0 bridgehead atoms. The second kappa shape index (κ2) is 5.77. The molecule has 2 N–H and O–H groups in total. The molecule has 0 saturated carbocycles. The zero-order valence-corrected chi connectivity index (χ0v) is 10.5. The van der Waals surface area contributed by atoms with Crippen molar-refractivity contribution < 1.29 is 9.47 Å². The minimum absolute atomic E-state index is 0.416. The Kier molecular flexibility index (Phi) is 4.09. The number of fused-ring (bicyclic) bond motifs is 1. The Balaban J connectivity index is 2.08. The molecule has 2 rings (SSSR count). The third-order valence-electron chi connectivity index (χ3n) is 2.88. The maximum Gasteiger partial charge on any atom is 0.144 e. The van der Waals surface area contributed by atoms with Crippen LogP contribution in [-0.4, -0.2) is 32.9 Å². The van der Waals surface area contributed by atoms with Gasteiger partial charge < -0.3 is 20.1 Å². The summed E-state index contributed by atoms with van der Waals surface area (Å²) in [5, 5.41) is 6.94. The standard InChI is InChI=1S/C13H20N2O2/c1-3-17-12-6-4-5-11-13(12)14-9-10(15-11)7-8-16-2/h4-6,10,14-15H,3,7-9H2,1-2H3. The summed E-state index contributed by atoms with van der Waals surface area (Å²) < 4.78 is 10.7. The Hall–Kier alpha value is -1.42. The summed E-state index contributed by atoms with van der Waals surface area (Å²) >= 11 is 0. The average Bonchev–Trinajstić information content (AvgIpc) is 2.37. The van der Waals surface area contributed by atoms with Gasteiger partial charge in [0.15, 0.2) is 0 Å². The summed E-state index contributed by atoms with van der Waals surface area (Å²) in [6, 6.07) is 6.49. The predicted octanol–water partition coefficient (Wildman–Crippen LogP) is 2.33. The summed E-state index contributed by atoms with van der Waals surface area (Å²) in [6.07, 6.45) is 1.00. The van der Waals surface area contributed by atoms with E-state index in [0.717, 1.165) is 36.7 Å². The van der Waals surface area contributed by atoms with Crippen molar-refractivity contribution >= 4 is 11.4 Å². The summed E-state index contributed by atoms with van der Waals surface area (Å²) in [5.74, 6) is 0.919. The molecular weight excluding hydrogens is 216 g/mol.